The van der Waals surface area contributed by atoms with E-state index in [-0.39, 0.29) is 6.03 Å². The number of esters is 1. The van der Waals surface area contributed by atoms with Gasteiger partial charge in [-0.2, -0.15) is 0 Å². The predicted molar refractivity (Wildman–Crippen MR) is 32.3 cm³/mol. The summed E-state index contributed by atoms with van der Waals surface area (Å²) in [6, 6.07) is -0.840. The molecule has 5 heteroatoms. The molecule has 1 atom stereocenters. The molecule has 2 amide bonds. The molecule has 1 aliphatic heterocycles. The van der Waals surface area contributed by atoms with E-state index in [1.165, 1.54) is 7.11 Å². The summed E-state index contributed by atoms with van der Waals surface area (Å²) in [4.78, 5) is 21.1. The third-order valence-corrected chi connectivity index (χ3v) is 1.26. The van der Waals surface area contributed by atoms with Gasteiger partial charge in [0.15, 0.2) is 0 Å². The van der Waals surface area contributed by atoms with Gasteiger partial charge in [-0.1, -0.05) is 0 Å². The quantitative estimate of drug-likeness (QED) is 0.456. The molecule has 0 aromatic carbocycles. The number of hydrogen-bond acceptors (Lipinski definition) is 3. The van der Waals surface area contributed by atoms with Crippen molar-refractivity contribution in [3.05, 3.63) is 0 Å². The molecule has 1 fully saturated rings. The Hall–Kier alpha value is -1.26. The van der Waals surface area contributed by atoms with Crippen molar-refractivity contribution in [1.82, 2.24) is 10.6 Å². The summed E-state index contributed by atoms with van der Waals surface area (Å²) >= 11 is 0. The van der Waals surface area contributed by atoms with E-state index >= 15 is 0 Å². The lowest BCUT2D eigenvalue weighted by Gasteiger charge is -2.03. The van der Waals surface area contributed by atoms with Crippen molar-refractivity contribution in [2.45, 2.75) is 6.04 Å². The van der Waals surface area contributed by atoms with Crippen LogP contribution in [0.15, 0.2) is 0 Å². The van der Waals surface area contributed by atoms with Crippen LogP contribution >= 0.6 is 0 Å². The minimum absolute atomic E-state index is 0.311. The summed E-state index contributed by atoms with van der Waals surface area (Å²) in [5.74, 6) is -0.418. The Kier molecular flexibility index (Phi) is 1.75. The van der Waals surface area contributed by atoms with Gasteiger partial charge in [0.1, 0.15) is 6.04 Å². The first-order valence-electron chi connectivity index (χ1n) is 2.86. The van der Waals surface area contributed by atoms with Crippen LogP contribution in [0.4, 0.5) is 4.79 Å². The molecule has 0 radical (unpaired) electrons. The Morgan fingerprint density at radius 2 is 2.50 bits per heavy atom. The topological polar surface area (TPSA) is 67.4 Å². The third-order valence-electron chi connectivity index (χ3n) is 1.26. The molecular weight excluding hydrogens is 136 g/mol. The van der Waals surface area contributed by atoms with Crippen LogP contribution in [0.2, 0.25) is 0 Å². The maximum atomic E-state index is 10.7. The number of urea groups is 1. The fourth-order valence-electron chi connectivity index (χ4n) is 0.740. The average molecular weight is 144 g/mol. The van der Waals surface area contributed by atoms with E-state index in [1.807, 2.05) is 0 Å². The highest BCUT2D eigenvalue weighted by Gasteiger charge is 2.26. The Morgan fingerprint density at radius 3 is 2.90 bits per heavy atom. The molecule has 0 saturated carbocycles. The fraction of sp³-hybridized carbons (Fsp3) is 0.600. The lowest BCUT2D eigenvalue weighted by Crippen LogP contribution is -2.35. The highest BCUT2D eigenvalue weighted by atomic mass is 16.5. The molecule has 0 bridgehead atoms. The molecule has 2 N–H and O–H groups in total. The van der Waals surface area contributed by atoms with Crippen molar-refractivity contribution in [2.24, 2.45) is 0 Å². The molecule has 56 valence electrons. The standard InChI is InChI=1S/C5H8N2O3/c1-10-4(8)3-2-6-5(9)7-3/h3H,2H2,1H3,(H2,6,7,9). The zero-order valence-electron chi connectivity index (χ0n) is 5.51. The van der Waals surface area contributed by atoms with Crippen LogP contribution in [-0.2, 0) is 9.53 Å². The van der Waals surface area contributed by atoms with Gasteiger partial charge in [-0.3, -0.25) is 0 Å². The second-order valence-corrected chi connectivity index (χ2v) is 1.93. The number of nitrogens with one attached hydrogen (secondary N) is 2. The van der Waals surface area contributed by atoms with Gasteiger partial charge >= 0.3 is 12.0 Å². The lowest BCUT2D eigenvalue weighted by atomic mass is 10.3. The SMILES string of the molecule is COC(=O)C1CNC(=O)N1. The minimum Gasteiger partial charge on any atom is -0.467 e. The largest absolute Gasteiger partial charge is 0.467 e. The maximum Gasteiger partial charge on any atom is 0.330 e. The highest BCUT2D eigenvalue weighted by Crippen LogP contribution is 1.91. The van der Waals surface area contributed by atoms with Gasteiger partial charge in [-0.05, 0) is 0 Å². The Labute approximate surface area is 57.7 Å². The molecular formula is C5H8N2O3. The number of rotatable bonds is 1. The van der Waals surface area contributed by atoms with E-state index < -0.39 is 12.0 Å². The van der Waals surface area contributed by atoms with E-state index in [0.717, 1.165) is 0 Å². The molecule has 1 heterocycles. The first-order chi connectivity index (χ1) is 4.74. The number of hydrogen-bond donors (Lipinski definition) is 2. The number of ether oxygens (including phenoxy) is 1. The van der Waals surface area contributed by atoms with Gasteiger partial charge in [-0.25, -0.2) is 9.59 Å². The second kappa shape index (κ2) is 2.55. The molecule has 0 spiro atoms. The third kappa shape index (κ3) is 1.18. The molecule has 10 heavy (non-hydrogen) atoms. The molecule has 0 aliphatic carbocycles. The first kappa shape index (κ1) is 6.85. The Bertz CT molecular complexity index is 168. The highest BCUT2D eigenvalue weighted by molar-refractivity contribution is 5.87. The van der Waals surface area contributed by atoms with Gasteiger partial charge in [0, 0.05) is 0 Å². The van der Waals surface area contributed by atoms with Gasteiger partial charge in [0.05, 0.1) is 13.7 Å². The molecule has 1 rings (SSSR count). The fourth-order valence-corrected chi connectivity index (χ4v) is 0.740. The van der Waals surface area contributed by atoms with Crippen molar-refractivity contribution < 1.29 is 14.3 Å². The normalized spacial score (nSPS) is 23.3. The first-order valence-corrected chi connectivity index (χ1v) is 2.86. The molecule has 1 aliphatic rings. The molecule has 1 saturated heterocycles. The van der Waals surface area contributed by atoms with E-state index in [2.05, 4.69) is 15.4 Å². The summed E-state index contributed by atoms with van der Waals surface area (Å²) < 4.78 is 4.39. The van der Waals surface area contributed by atoms with Crippen molar-refractivity contribution >= 4 is 12.0 Å². The minimum atomic E-state index is -0.516. The van der Waals surface area contributed by atoms with Gasteiger partial charge in [0.2, 0.25) is 0 Å². The van der Waals surface area contributed by atoms with E-state index in [0.29, 0.717) is 6.54 Å². The van der Waals surface area contributed by atoms with Crippen LogP contribution in [-0.4, -0.2) is 31.7 Å². The van der Waals surface area contributed by atoms with E-state index in [4.69, 9.17) is 0 Å². The zero-order chi connectivity index (χ0) is 7.56. The summed E-state index contributed by atoms with van der Waals surface area (Å²) in [6.07, 6.45) is 0. The summed E-state index contributed by atoms with van der Waals surface area (Å²) in [6.45, 7) is 0.311. The van der Waals surface area contributed by atoms with E-state index in [1.54, 1.807) is 0 Å². The van der Waals surface area contributed by atoms with Gasteiger partial charge in [-0.15, -0.1) is 0 Å². The van der Waals surface area contributed by atoms with Gasteiger partial charge in [0.25, 0.3) is 0 Å². The van der Waals surface area contributed by atoms with Crippen LogP contribution in [0, 0.1) is 0 Å². The summed E-state index contributed by atoms with van der Waals surface area (Å²) in [5.41, 5.74) is 0. The Morgan fingerprint density at radius 1 is 1.80 bits per heavy atom. The molecule has 0 aromatic heterocycles. The maximum absolute atomic E-state index is 10.7. The molecule has 0 aromatic rings. The van der Waals surface area contributed by atoms with Crippen LogP contribution in [0.5, 0.6) is 0 Å². The van der Waals surface area contributed by atoms with Gasteiger partial charge < -0.3 is 15.4 Å². The Balaban J connectivity index is 2.44. The second-order valence-electron chi connectivity index (χ2n) is 1.93. The summed E-state index contributed by atoms with van der Waals surface area (Å²) in [5, 5.41) is 4.81. The number of amides is 2. The zero-order valence-corrected chi connectivity index (χ0v) is 5.51. The van der Waals surface area contributed by atoms with Crippen LogP contribution in [0.1, 0.15) is 0 Å². The van der Waals surface area contributed by atoms with Crippen molar-refractivity contribution in [1.29, 1.82) is 0 Å². The van der Waals surface area contributed by atoms with Crippen molar-refractivity contribution in [2.75, 3.05) is 13.7 Å². The predicted octanol–water partition coefficient (Wildman–Crippen LogP) is -1.16. The van der Waals surface area contributed by atoms with Crippen LogP contribution < -0.4 is 10.6 Å². The number of carbonyl (C=O) groups is 2. The average Bonchev–Trinajstić information content (AvgIpc) is 2.34. The monoisotopic (exact) mass is 144 g/mol. The van der Waals surface area contributed by atoms with Crippen LogP contribution in [0.25, 0.3) is 0 Å². The van der Waals surface area contributed by atoms with Crippen molar-refractivity contribution in [3.63, 3.8) is 0 Å². The number of methoxy groups -OCH3 is 1. The lowest BCUT2D eigenvalue weighted by molar-refractivity contribution is -0.142. The number of carbonyl (C=O) groups excluding carboxylic acids is 2. The smallest absolute Gasteiger partial charge is 0.330 e. The van der Waals surface area contributed by atoms with Crippen molar-refractivity contribution in [3.8, 4) is 0 Å². The van der Waals surface area contributed by atoms with E-state index in [9.17, 15) is 9.59 Å². The van der Waals surface area contributed by atoms with Crippen LogP contribution in [0.3, 0.4) is 0 Å². The molecule has 1 unspecified atom stereocenters. The molecule has 5 nitrogen and oxygen atoms in total. The summed E-state index contributed by atoms with van der Waals surface area (Å²) in [7, 11) is 1.28.